The smallest absolute Gasteiger partial charge is 0.345 e. The molecule has 0 spiro atoms. The van der Waals surface area contributed by atoms with Crippen LogP contribution in [0.2, 0.25) is 0 Å². The quantitative estimate of drug-likeness (QED) is 0.377. The summed E-state index contributed by atoms with van der Waals surface area (Å²) in [7, 11) is 3.73. The van der Waals surface area contributed by atoms with E-state index in [4.69, 9.17) is 4.42 Å². The highest BCUT2D eigenvalue weighted by molar-refractivity contribution is 6.13. The van der Waals surface area contributed by atoms with Gasteiger partial charge in [0.05, 0.1) is 5.56 Å². The third-order valence-corrected chi connectivity index (χ3v) is 5.58. The molecule has 0 N–H and O–H groups in total. The van der Waals surface area contributed by atoms with E-state index in [1.807, 2.05) is 63.2 Å². The second-order valence-electron chi connectivity index (χ2n) is 8.26. The first kappa shape index (κ1) is 24.5. The molecule has 1 aromatic rings. The second kappa shape index (κ2) is 10.2. The number of nitriles is 4. The van der Waals surface area contributed by atoms with E-state index < -0.39 is 11.2 Å². The number of rotatable bonds is 5. The number of anilines is 1. The van der Waals surface area contributed by atoms with Crippen molar-refractivity contribution in [3.8, 4) is 35.6 Å². The highest BCUT2D eigenvalue weighted by atomic mass is 16.4. The zero-order valence-electron chi connectivity index (χ0n) is 19.7. The summed E-state index contributed by atoms with van der Waals surface area (Å²) in [6.45, 7) is 3.99. The maximum Gasteiger partial charge on any atom is 0.345 e. The molecule has 0 aromatic heterocycles. The number of furan rings is 1. The molecule has 170 valence electrons. The highest BCUT2D eigenvalue weighted by Crippen LogP contribution is 2.41. The fraction of sp³-hybridized carbons (Fsp3) is 0.179. The standard InChI is InChI=1S/C28H21N5O2/c1-17(2)19-6-5-7-24-23(12-19)27(28(34)35-24)26(21(15-31)16-32)25(20(13-29)14-30)18-8-10-22(11-9-18)33(3)4/h5-12,17H,1-4H3. The number of hydrogen-bond donors (Lipinski definition) is 0. The maximum absolute atomic E-state index is 13.2. The van der Waals surface area contributed by atoms with Gasteiger partial charge in [0.2, 0.25) is 0 Å². The summed E-state index contributed by atoms with van der Waals surface area (Å²) in [6.07, 6.45) is 0. The van der Waals surface area contributed by atoms with Crippen LogP contribution in [0.5, 0.6) is 0 Å². The Bertz CT molecular complexity index is 1510. The van der Waals surface area contributed by atoms with Gasteiger partial charge in [-0.05, 0) is 41.3 Å². The third-order valence-electron chi connectivity index (χ3n) is 5.58. The average molecular weight is 460 g/mol. The molecule has 35 heavy (non-hydrogen) atoms. The van der Waals surface area contributed by atoms with E-state index in [-0.39, 0.29) is 34.0 Å². The molecule has 2 aliphatic rings. The van der Waals surface area contributed by atoms with E-state index in [1.165, 1.54) is 0 Å². The molecule has 1 heterocycles. The summed E-state index contributed by atoms with van der Waals surface area (Å²) in [5.74, 6) is 0.382. The van der Waals surface area contributed by atoms with E-state index in [2.05, 4.69) is 0 Å². The molecule has 3 rings (SSSR count). The molecule has 0 atom stereocenters. The minimum absolute atomic E-state index is 0.0239. The average Bonchev–Trinajstić information content (AvgIpc) is 3.00. The first-order valence-corrected chi connectivity index (χ1v) is 10.7. The molecule has 1 aliphatic carbocycles. The van der Waals surface area contributed by atoms with Gasteiger partial charge < -0.3 is 9.32 Å². The summed E-state index contributed by atoms with van der Waals surface area (Å²) in [5.41, 5.74) is 0.939. The van der Waals surface area contributed by atoms with Crippen LogP contribution in [0.15, 0.2) is 68.9 Å². The van der Waals surface area contributed by atoms with Crippen LogP contribution in [-0.2, 0) is 0 Å². The molecule has 0 bridgehead atoms. The van der Waals surface area contributed by atoms with Crippen molar-refractivity contribution < 1.29 is 4.42 Å². The lowest BCUT2D eigenvalue weighted by molar-refractivity contribution is 0.544. The van der Waals surface area contributed by atoms with Crippen LogP contribution in [0.3, 0.4) is 0 Å². The van der Waals surface area contributed by atoms with Crippen molar-refractivity contribution in [2.75, 3.05) is 19.0 Å². The van der Waals surface area contributed by atoms with Crippen molar-refractivity contribution in [3.05, 3.63) is 86.8 Å². The Balaban J connectivity index is 2.51. The molecule has 0 amide bonds. The molecule has 0 radical (unpaired) electrons. The number of nitrogens with zero attached hydrogens (tertiary/aromatic N) is 5. The zero-order chi connectivity index (χ0) is 25.7. The van der Waals surface area contributed by atoms with Crippen molar-refractivity contribution in [2.24, 2.45) is 0 Å². The van der Waals surface area contributed by atoms with E-state index in [0.717, 1.165) is 11.3 Å². The first-order valence-electron chi connectivity index (χ1n) is 10.7. The molecular formula is C28H21N5O2. The highest BCUT2D eigenvalue weighted by Gasteiger charge is 2.29. The Labute approximate surface area is 203 Å². The van der Waals surface area contributed by atoms with Gasteiger partial charge in [0.25, 0.3) is 0 Å². The van der Waals surface area contributed by atoms with Gasteiger partial charge in [0.15, 0.2) is 0 Å². The third kappa shape index (κ3) is 4.67. The van der Waals surface area contributed by atoms with Gasteiger partial charge >= 0.3 is 5.63 Å². The van der Waals surface area contributed by atoms with E-state index >= 15 is 0 Å². The first-order chi connectivity index (χ1) is 16.8. The molecule has 0 saturated carbocycles. The topological polar surface area (TPSA) is 129 Å². The molecular weight excluding hydrogens is 438 g/mol. The Morgan fingerprint density at radius 3 is 1.94 bits per heavy atom. The fourth-order valence-corrected chi connectivity index (χ4v) is 3.75. The minimum atomic E-state index is -0.767. The second-order valence-corrected chi connectivity index (χ2v) is 8.26. The van der Waals surface area contributed by atoms with Crippen LogP contribution in [0.25, 0.3) is 22.5 Å². The molecule has 0 saturated heterocycles. The normalized spacial score (nSPS) is 9.97. The van der Waals surface area contributed by atoms with Gasteiger partial charge in [0, 0.05) is 36.5 Å². The van der Waals surface area contributed by atoms with Crippen molar-refractivity contribution in [2.45, 2.75) is 19.8 Å². The number of benzene rings is 1. The van der Waals surface area contributed by atoms with Gasteiger partial charge in [-0.15, -0.1) is 0 Å². The van der Waals surface area contributed by atoms with Crippen LogP contribution >= 0.6 is 0 Å². The summed E-state index contributed by atoms with van der Waals surface area (Å²) in [5, 5.41) is 39.2. The predicted molar refractivity (Wildman–Crippen MR) is 133 cm³/mol. The largest absolute Gasteiger partial charge is 0.422 e. The van der Waals surface area contributed by atoms with Crippen LogP contribution in [-0.4, -0.2) is 14.1 Å². The van der Waals surface area contributed by atoms with Crippen LogP contribution < -0.4 is 10.5 Å². The van der Waals surface area contributed by atoms with Gasteiger partial charge in [-0.25, -0.2) is 4.79 Å². The van der Waals surface area contributed by atoms with Gasteiger partial charge in [-0.3, -0.25) is 0 Å². The number of allylic oxidation sites excluding steroid dienone is 4. The number of hydrogen-bond acceptors (Lipinski definition) is 7. The van der Waals surface area contributed by atoms with Crippen molar-refractivity contribution in [3.63, 3.8) is 0 Å². The SMILES string of the molecule is CC(C)c1cccc2oc(=O)c(C(=C(C#N)C#N)C(=C(C#N)C#N)c3ccc(N(C)C)cc3)c-2c1. The maximum atomic E-state index is 13.2. The summed E-state index contributed by atoms with van der Waals surface area (Å²) in [6, 6.07) is 21.4. The molecule has 0 unspecified atom stereocenters. The fourth-order valence-electron chi connectivity index (χ4n) is 3.75. The summed E-state index contributed by atoms with van der Waals surface area (Å²) in [4.78, 5) is 15.0. The Morgan fingerprint density at radius 2 is 1.43 bits per heavy atom. The van der Waals surface area contributed by atoms with Crippen molar-refractivity contribution in [1.29, 1.82) is 21.0 Å². The lowest BCUT2D eigenvalue weighted by atomic mass is 9.85. The molecule has 1 aromatic carbocycles. The van der Waals surface area contributed by atoms with Gasteiger partial charge in [-0.2, -0.15) is 21.0 Å². The van der Waals surface area contributed by atoms with E-state index in [1.54, 1.807) is 42.5 Å². The molecule has 0 fully saturated rings. The Kier molecular flexibility index (Phi) is 7.16. The zero-order valence-corrected chi connectivity index (χ0v) is 19.7. The van der Waals surface area contributed by atoms with Crippen LogP contribution in [0.4, 0.5) is 5.69 Å². The minimum Gasteiger partial charge on any atom is -0.422 e. The lowest BCUT2D eigenvalue weighted by Gasteiger charge is -2.16. The van der Waals surface area contributed by atoms with Crippen molar-refractivity contribution >= 4 is 16.8 Å². The summed E-state index contributed by atoms with van der Waals surface area (Å²) >= 11 is 0. The Morgan fingerprint density at radius 1 is 0.857 bits per heavy atom. The van der Waals surface area contributed by atoms with Crippen LogP contribution in [0, 0.1) is 45.3 Å². The van der Waals surface area contributed by atoms with Crippen molar-refractivity contribution in [1.82, 2.24) is 0 Å². The molecule has 7 nitrogen and oxygen atoms in total. The summed E-state index contributed by atoms with van der Waals surface area (Å²) < 4.78 is 5.49. The molecule has 1 aliphatic heterocycles. The van der Waals surface area contributed by atoms with Gasteiger partial charge in [0.1, 0.15) is 41.2 Å². The van der Waals surface area contributed by atoms with E-state index in [9.17, 15) is 25.8 Å². The van der Waals surface area contributed by atoms with E-state index in [0.29, 0.717) is 11.1 Å². The Hall–Kier alpha value is -5.11. The van der Waals surface area contributed by atoms with Crippen LogP contribution in [0.1, 0.15) is 36.5 Å². The predicted octanol–water partition coefficient (Wildman–Crippen LogP) is 5.24. The molecule has 7 heteroatoms. The lowest BCUT2D eigenvalue weighted by Crippen LogP contribution is -2.09. The van der Waals surface area contributed by atoms with Gasteiger partial charge in [-0.1, -0.05) is 38.1 Å². The number of fused-ring (bicyclic) bond motifs is 1. The monoisotopic (exact) mass is 459 g/mol.